The molecule has 5 aromatic rings. The molecule has 0 radical (unpaired) electrons. The molecule has 53 heavy (non-hydrogen) atoms. The lowest BCUT2D eigenvalue weighted by molar-refractivity contribution is -0.443. The molecule has 12 heteroatoms. The lowest BCUT2D eigenvalue weighted by Gasteiger charge is -2.22. The quantitative estimate of drug-likeness (QED) is 0.107. The van der Waals surface area contributed by atoms with E-state index in [1.165, 1.54) is 12.1 Å². The summed E-state index contributed by atoms with van der Waals surface area (Å²) in [4.78, 5) is 0.123. The number of methoxy groups -OCH3 is 1. The minimum atomic E-state index is -5.24. The Hall–Kier alpha value is -4.78. The number of halogens is 1. The van der Waals surface area contributed by atoms with Crippen molar-refractivity contribution in [1.29, 1.82) is 0 Å². The number of nitrogens with zero attached hydrogens (tertiary/aromatic N) is 2. The number of fused-ring (bicyclic) bond motifs is 1. The molecule has 0 amide bonds. The van der Waals surface area contributed by atoms with Crippen molar-refractivity contribution < 1.29 is 35.3 Å². The molecule has 0 aliphatic carbocycles. The fourth-order valence-electron chi connectivity index (χ4n) is 6.99. The molecule has 0 unspecified atom stereocenters. The highest BCUT2D eigenvalue weighted by Crippen LogP contribution is 2.47. The fourth-order valence-corrected chi connectivity index (χ4v) is 9.11. The number of rotatable bonds is 10. The van der Waals surface area contributed by atoms with E-state index in [0.29, 0.717) is 28.3 Å². The number of aryl methyl sites for hydroxylation is 2. The Kier molecular flexibility index (Phi) is 10.4. The largest absolute Gasteiger partial charge is 0.497 e. The Bertz CT molecular complexity index is 2510. The summed E-state index contributed by atoms with van der Waals surface area (Å²) in [6.45, 7) is 8.79. The molecule has 0 saturated carbocycles. The molecule has 0 fully saturated rings. The third kappa shape index (κ3) is 7.53. The first-order valence-electron chi connectivity index (χ1n) is 16.8. The van der Waals surface area contributed by atoms with Crippen molar-refractivity contribution in [3.63, 3.8) is 0 Å². The average molecular weight is 772 g/mol. The van der Waals surface area contributed by atoms with Gasteiger partial charge >= 0.3 is 0 Å². The first-order valence-corrected chi connectivity index (χ1v) is 20.1. The molecule has 1 aliphatic heterocycles. The first-order chi connectivity index (χ1) is 25.0. The summed E-state index contributed by atoms with van der Waals surface area (Å²) in [5.74, 6) is 0.912. The zero-order chi connectivity index (χ0) is 38.4. The van der Waals surface area contributed by atoms with Crippen LogP contribution < -0.4 is 9.64 Å². The monoisotopic (exact) mass is 771 g/mol. The molecule has 0 aromatic heterocycles. The van der Waals surface area contributed by atoms with Gasteiger partial charge in [0, 0.05) is 52.1 Å². The molecular formula is C41H40ClN2O7S2+. The van der Waals surface area contributed by atoms with Crippen LogP contribution in [0, 0.1) is 19.8 Å². The number of hydrogen-bond acceptors (Lipinski definition) is 6. The molecule has 1 aliphatic rings. The first kappa shape index (κ1) is 38.0. The van der Waals surface area contributed by atoms with Crippen molar-refractivity contribution in [3.8, 4) is 5.75 Å². The Balaban J connectivity index is 1.77. The van der Waals surface area contributed by atoms with Gasteiger partial charge in [-0.15, -0.1) is 0 Å². The van der Waals surface area contributed by atoms with Gasteiger partial charge in [0.15, 0.2) is 6.54 Å². The third-order valence-corrected chi connectivity index (χ3v) is 11.4. The highest BCUT2D eigenvalue weighted by Gasteiger charge is 2.41. The minimum Gasteiger partial charge on any atom is -0.497 e. The Morgan fingerprint density at radius 3 is 1.98 bits per heavy atom. The molecule has 0 spiro atoms. The van der Waals surface area contributed by atoms with Gasteiger partial charge in [0.1, 0.15) is 15.5 Å². The predicted molar refractivity (Wildman–Crippen MR) is 211 cm³/mol. The lowest BCUT2D eigenvalue weighted by atomic mass is 9.84. The molecule has 0 atom stereocenters. The van der Waals surface area contributed by atoms with Crippen molar-refractivity contribution in [2.75, 3.05) is 25.6 Å². The molecule has 5 aromatic carbocycles. The van der Waals surface area contributed by atoms with Crippen LogP contribution in [-0.4, -0.2) is 56.9 Å². The number of ether oxygens (including phenoxy) is 1. The summed E-state index contributed by atoms with van der Waals surface area (Å²) in [5, 5.41) is 0.532. The van der Waals surface area contributed by atoms with Crippen LogP contribution >= 0.6 is 11.6 Å². The van der Waals surface area contributed by atoms with Gasteiger partial charge in [0.05, 0.1) is 18.2 Å². The summed E-state index contributed by atoms with van der Waals surface area (Å²) in [7, 11) is -6.84. The molecule has 6 rings (SSSR count). The van der Waals surface area contributed by atoms with Crippen molar-refractivity contribution in [3.05, 3.63) is 142 Å². The van der Waals surface area contributed by atoms with E-state index >= 15 is 0 Å². The van der Waals surface area contributed by atoms with Crippen molar-refractivity contribution in [2.24, 2.45) is 5.92 Å². The van der Waals surface area contributed by atoms with E-state index in [1.807, 2.05) is 92.5 Å². The number of anilines is 2. The van der Waals surface area contributed by atoms with Crippen molar-refractivity contribution in [2.45, 2.75) is 37.5 Å². The van der Waals surface area contributed by atoms with Crippen LogP contribution in [0.15, 0.2) is 113 Å². The molecular weight excluding hydrogens is 732 g/mol. The lowest BCUT2D eigenvalue weighted by Crippen LogP contribution is -2.20. The molecule has 9 nitrogen and oxygen atoms in total. The summed E-state index contributed by atoms with van der Waals surface area (Å²) in [5.41, 5.74) is 8.26. The van der Waals surface area contributed by atoms with Gasteiger partial charge < -0.3 is 9.64 Å². The van der Waals surface area contributed by atoms with E-state index in [-0.39, 0.29) is 11.5 Å². The van der Waals surface area contributed by atoms with Gasteiger partial charge in [-0.1, -0.05) is 55.8 Å². The Morgan fingerprint density at radius 2 is 1.43 bits per heavy atom. The van der Waals surface area contributed by atoms with Gasteiger partial charge in [0.25, 0.3) is 20.2 Å². The molecule has 1 heterocycles. The molecule has 0 bridgehead atoms. The van der Waals surface area contributed by atoms with Crippen LogP contribution in [0.25, 0.3) is 11.1 Å². The van der Waals surface area contributed by atoms with Crippen LogP contribution in [0.5, 0.6) is 5.75 Å². The van der Waals surface area contributed by atoms with Crippen LogP contribution in [0.2, 0.25) is 5.02 Å². The highest BCUT2D eigenvalue weighted by atomic mass is 35.5. The van der Waals surface area contributed by atoms with E-state index in [9.17, 15) is 25.9 Å². The van der Waals surface area contributed by atoms with Crippen LogP contribution in [0.4, 0.5) is 17.1 Å². The Morgan fingerprint density at radius 1 is 0.830 bits per heavy atom. The van der Waals surface area contributed by atoms with Crippen LogP contribution in [0.3, 0.4) is 0 Å². The minimum absolute atomic E-state index is 0.0994. The normalized spacial score (nSPS) is 14.1. The molecule has 2 N–H and O–H groups in total. The second-order valence-electron chi connectivity index (χ2n) is 13.5. The van der Waals surface area contributed by atoms with Gasteiger partial charge in [0.2, 0.25) is 11.4 Å². The number of benzene rings is 5. The average Bonchev–Trinajstić information content (AvgIpc) is 3.40. The predicted octanol–water partition coefficient (Wildman–Crippen LogP) is 8.99. The van der Waals surface area contributed by atoms with Gasteiger partial charge in [-0.3, -0.25) is 9.11 Å². The van der Waals surface area contributed by atoms with E-state index in [2.05, 4.69) is 24.5 Å². The van der Waals surface area contributed by atoms with Crippen LogP contribution in [0.1, 0.15) is 47.2 Å². The Labute approximate surface area is 316 Å². The maximum Gasteiger partial charge on any atom is 0.296 e. The van der Waals surface area contributed by atoms with E-state index in [1.54, 1.807) is 19.2 Å². The van der Waals surface area contributed by atoms with E-state index in [0.717, 1.165) is 56.8 Å². The SMILES string of the molecule is COc1ccc(N(C)c2ccc(C(=C3C(c4ccc(Cl)cc4)=[N+](CC(C)C)c4cc(C)cc(C)c43)c3cccc(S(=O)(=O)O)c3S(=O)(=O)O)cc2)cc1. The summed E-state index contributed by atoms with van der Waals surface area (Å²) < 4.78 is 80.6. The van der Waals surface area contributed by atoms with E-state index in [4.69, 9.17) is 16.3 Å². The van der Waals surface area contributed by atoms with Crippen molar-refractivity contribution >= 4 is 65.8 Å². The number of allylic oxidation sites excluding steroid dienone is 1. The second-order valence-corrected chi connectivity index (χ2v) is 16.7. The smallest absolute Gasteiger partial charge is 0.296 e. The number of hydrogen-bond donors (Lipinski definition) is 2. The maximum absolute atomic E-state index is 13.3. The van der Waals surface area contributed by atoms with Crippen molar-refractivity contribution in [1.82, 2.24) is 0 Å². The summed E-state index contributed by atoms with van der Waals surface area (Å²) in [6, 6.07) is 30.2. The third-order valence-electron chi connectivity index (χ3n) is 9.21. The summed E-state index contributed by atoms with van der Waals surface area (Å²) >= 11 is 6.38. The topological polar surface area (TPSA) is 124 Å². The molecule has 0 saturated heterocycles. The zero-order valence-electron chi connectivity index (χ0n) is 30.1. The fraction of sp³-hybridized carbons (Fsp3) is 0.195. The summed E-state index contributed by atoms with van der Waals surface area (Å²) in [6.07, 6.45) is 0. The standard InChI is InChI=1S/C41H39ClN2O7S2/c1-25(2)24-44-35-23-26(3)22-27(4)37(35)39(40(44)29-10-14-30(42)15-11-29)38(34-8-7-9-36(52(45,46)47)41(34)53(48,49)50)28-12-16-31(17-13-28)43(5)32-18-20-33(51-6)21-19-32/h7-23,25H,24H2,1-6H3,(H-,45,46,47,48,49,50)/p+1. The highest BCUT2D eigenvalue weighted by molar-refractivity contribution is 7.89. The zero-order valence-corrected chi connectivity index (χ0v) is 32.5. The van der Waals surface area contributed by atoms with E-state index < -0.39 is 30.0 Å². The second kappa shape index (κ2) is 14.6. The van der Waals surface area contributed by atoms with Gasteiger partial charge in [-0.25, -0.2) is 0 Å². The van der Waals surface area contributed by atoms with Gasteiger partial charge in [-0.2, -0.15) is 21.4 Å². The van der Waals surface area contributed by atoms with Crippen LogP contribution in [-0.2, 0) is 20.2 Å². The molecule has 274 valence electrons. The maximum atomic E-state index is 13.3. The van der Waals surface area contributed by atoms with Gasteiger partial charge in [-0.05, 0) is 97.3 Å².